The number of benzene rings is 1. The summed E-state index contributed by atoms with van der Waals surface area (Å²) >= 11 is 0. The van der Waals surface area contributed by atoms with Crippen LogP contribution in [0.2, 0.25) is 0 Å². The summed E-state index contributed by atoms with van der Waals surface area (Å²) in [6.45, 7) is 0. The smallest absolute Gasteiger partial charge is 0.341 e. The molecule has 0 aliphatic heterocycles. The molecule has 0 radical (unpaired) electrons. The molecule has 2 N–H and O–H groups in total. The number of rotatable bonds is 3. The second-order valence-electron chi connectivity index (χ2n) is 3.86. The first-order valence-corrected chi connectivity index (χ1v) is 5.88. The van der Waals surface area contributed by atoms with Gasteiger partial charge in [-0.15, -0.1) is 0 Å². The number of ether oxygens (including phenoxy) is 1. The van der Waals surface area contributed by atoms with Gasteiger partial charge in [-0.2, -0.15) is 9.78 Å². The number of para-hydroxylation sites is 2. The largest absolute Gasteiger partial charge is 0.495 e. The Morgan fingerprint density at radius 3 is 2.70 bits per heavy atom. The molecule has 0 aliphatic rings. The van der Waals surface area contributed by atoms with Gasteiger partial charge in [-0.05, 0) is 18.2 Å². The molecule has 0 aliphatic carbocycles. The number of amides is 2. The Labute approximate surface area is 115 Å². The fourth-order valence-corrected chi connectivity index (χ4v) is 1.61. The molecule has 7 heteroatoms. The van der Waals surface area contributed by atoms with Gasteiger partial charge in [0, 0.05) is 13.2 Å². The monoisotopic (exact) mass is 274 g/mol. The lowest BCUT2D eigenvalue weighted by Gasteiger charge is -2.08. The number of aromatic nitrogens is 2. The Bertz CT molecular complexity index is 636. The average molecular weight is 274 g/mol. The summed E-state index contributed by atoms with van der Waals surface area (Å²) in [6.07, 6.45) is 1.41. The minimum Gasteiger partial charge on any atom is -0.495 e. The van der Waals surface area contributed by atoms with Crippen molar-refractivity contribution < 1.29 is 14.3 Å². The highest BCUT2D eigenvalue weighted by Crippen LogP contribution is 2.23. The summed E-state index contributed by atoms with van der Waals surface area (Å²) in [4.78, 5) is 23.4. The highest BCUT2D eigenvalue weighted by molar-refractivity contribution is 6.03. The zero-order chi connectivity index (χ0) is 14.5. The van der Waals surface area contributed by atoms with E-state index in [1.165, 1.54) is 26.4 Å². The van der Waals surface area contributed by atoms with Crippen molar-refractivity contribution in [2.45, 2.75) is 0 Å². The van der Waals surface area contributed by atoms with Crippen LogP contribution in [0.5, 0.6) is 5.75 Å². The number of anilines is 1. The summed E-state index contributed by atoms with van der Waals surface area (Å²) in [5.74, 6) is 0.128. The number of nitrogens with zero attached hydrogens (tertiary/aromatic N) is 2. The van der Waals surface area contributed by atoms with E-state index in [9.17, 15) is 9.59 Å². The molecule has 0 saturated carbocycles. The Balaban J connectivity index is 2.16. The number of hydrogen-bond acceptors (Lipinski definition) is 4. The molecule has 0 spiro atoms. The highest BCUT2D eigenvalue weighted by atomic mass is 16.5. The van der Waals surface area contributed by atoms with E-state index in [2.05, 4.69) is 15.7 Å². The van der Waals surface area contributed by atoms with Crippen LogP contribution in [0.15, 0.2) is 36.5 Å². The molecule has 0 bridgehead atoms. The lowest BCUT2D eigenvalue weighted by molar-refractivity contribution is 0.102. The van der Waals surface area contributed by atoms with Crippen molar-refractivity contribution in [2.24, 2.45) is 0 Å². The third kappa shape index (κ3) is 2.77. The van der Waals surface area contributed by atoms with E-state index in [1.54, 1.807) is 24.3 Å². The van der Waals surface area contributed by atoms with Gasteiger partial charge in [-0.3, -0.25) is 4.79 Å². The van der Waals surface area contributed by atoms with Crippen LogP contribution in [0.25, 0.3) is 0 Å². The van der Waals surface area contributed by atoms with Gasteiger partial charge in [0.05, 0.1) is 12.8 Å². The summed E-state index contributed by atoms with van der Waals surface area (Å²) in [5.41, 5.74) is 0.675. The number of hydrogen-bond donors (Lipinski definition) is 2. The fourth-order valence-electron chi connectivity index (χ4n) is 1.61. The van der Waals surface area contributed by atoms with E-state index < -0.39 is 11.9 Å². The van der Waals surface area contributed by atoms with Crippen molar-refractivity contribution >= 4 is 17.6 Å². The first-order valence-electron chi connectivity index (χ1n) is 5.88. The van der Waals surface area contributed by atoms with Crippen molar-refractivity contribution in [1.82, 2.24) is 15.1 Å². The van der Waals surface area contributed by atoms with E-state index in [1.807, 2.05) is 0 Å². The molecule has 20 heavy (non-hydrogen) atoms. The molecular weight excluding hydrogens is 260 g/mol. The normalized spacial score (nSPS) is 9.90. The minimum atomic E-state index is -0.419. The number of methoxy groups -OCH3 is 1. The lowest BCUT2D eigenvalue weighted by atomic mass is 10.3. The second kappa shape index (κ2) is 5.87. The van der Waals surface area contributed by atoms with Gasteiger partial charge in [0.15, 0.2) is 5.69 Å². The van der Waals surface area contributed by atoms with Gasteiger partial charge >= 0.3 is 6.03 Å². The minimum absolute atomic E-state index is 0.138. The molecule has 2 rings (SSSR count). The van der Waals surface area contributed by atoms with Crippen LogP contribution in [-0.2, 0) is 0 Å². The first-order chi connectivity index (χ1) is 9.65. The van der Waals surface area contributed by atoms with Crippen molar-refractivity contribution in [3.8, 4) is 5.75 Å². The zero-order valence-corrected chi connectivity index (χ0v) is 11.1. The molecule has 0 atom stereocenters. The molecule has 1 aromatic carbocycles. The Hall–Kier alpha value is -2.83. The third-order valence-electron chi connectivity index (χ3n) is 2.60. The number of carbonyl (C=O) groups is 2. The van der Waals surface area contributed by atoms with Crippen molar-refractivity contribution in [3.63, 3.8) is 0 Å². The van der Waals surface area contributed by atoms with E-state index in [0.717, 1.165) is 4.68 Å². The van der Waals surface area contributed by atoms with E-state index in [0.29, 0.717) is 11.4 Å². The van der Waals surface area contributed by atoms with E-state index in [-0.39, 0.29) is 5.69 Å². The third-order valence-corrected chi connectivity index (χ3v) is 2.60. The van der Waals surface area contributed by atoms with Gasteiger partial charge < -0.3 is 15.4 Å². The summed E-state index contributed by atoms with van der Waals surface area (Å²) < 4.78 is 6.19. The Kier molecular flexibility index (Phi) is 3.99. The second-order valence-corrected chi connectivity index (χ2v) is 3.86. The summed E-state index contributed by atoms with van der Waals surface area (Å²) in [5, 5.41) is 8.97. The van der Waals surface area contributed by atoms with Gasteiger partial charge in [0.1, 0.15) is 5.75 Å². The van der Waals surface area contributed by atoms with Crippen molar-refractivity contribution in [3.05, 3.63) is 42.2 Å². The standard InChI is InChI=1S/C13H14N4O3/c1-14-13(19)17-8-7-10(16-17)12(18)15-9-5-3-4-6-11(9)20-2/h3-8H,1-2H3,(H,14,19)(H,15,18). The predicted octanol–water partition coefficient (Wildman–Crippen LogP) is 1.33. The van der Waals surface area contributed by atoms with Crippen LogP contribution < -0.4 is 15.4 Å². The lowest BCUT2D eigenvalue weighted by Crippen LogP contribution is -2.25. The molecule has 0 saturated heterocycles. The van der Waals surface area contributed by atoms with Crippen LogP contribution in [0.1, 0.15) is 10.5 Å². The van der Waals surface area contributed by atoms with E-state index in [4.69, 9.17) is 4.74 Å². The SMILES string of the molecule is CNC(=O)n1ccc(C(=O)Nc2ccccc2OC)n1. The summed E-state index contributed by atoms with van der Waals surface area (Å²) in [7, 11) is 3.00. The molecule has 104 valence electrons. The fraction of sp³-hybridized carbons (Fsp3) is 0.154. The molecule has 7 nitrogen and oxygen atoms in total. The maximum atomic E-state index is 12.0. The Morgan fingerprint density at radius 1 is 1.25 bits per heavy atom. The van der Waals surface area contributed by atoms with E-state index >= 15 is 0 Å². The topological polar surface area (TPSA) is 85.2 Å². The van der Waals surface area contributed by atoms with Gasteiger partial charge in [0.25, 0.3) is 5.91 Å². The molecule has 1 aromatic heterocycles. The maximum Gasteiger partial charge on any atom is 0.341 e. The number of carbonyl (C=O) groups excluding carboxylic acids is 2. The van der Waals surface area contributed by atoms with Crippen LogP contribution in [0.4, 0.5) is 10.5 Å². The Morgan fingerprint density at radius 2 is 2.00 bits per heavy atom. The maximum absolute atomic E-state index is 12.0. The molecule has 0 fully saturated rings. The molecule has 1 heterocycles. The predicted molar refractivity (Wildman–Crippen MR) is 73.0 cm³/mol. The number of nitrogens with one attached hydrogen (secondary N) is 2. The zero-order valence-electron chi connectivity index (χ0n) is 11.1. The summed E-state index contributed by atoms with van der Waals surface area (Å²) in [6, 6.07) is 8.07. The molecule has 0 unspecified atom stereocenters. The van der Waals surface area contributed by atoms with Crippen LogP contribution in [0, 0.1) is 0 Å². The molecule has 2 amide bonds. The molecular formula is C13H14N4O3. The van der Waals surface area contributed by atoms with Gasteiger partial charge in [-0.25, -0.2) is 4.79 Å². The highest BCUT2D eigenvalue weighted by Gasteiger charge is 2.13. The molecule has 2 aromatic rings. The first kappa shape index (κ1) is 13.6. The van der Waals surface area contributed by atoms with Crippen molar-refractivity contribution in [1.29, 1.82) is 0 Å². The van der Waals surface area contributed by atoms with Crippen LogP contribution in [-0.4, -0.2) is 35.9 Å². The van der Waals surface area contributed by atoms with Gasteiger partial charge in [-0.1, -0.05) is 12.1 Å². The van der Waals surface area contributed by atoms with Crippen LogP contribution in [0.3, 0.4) is 0 Å². The van der Waals surface area contributed by atoms with Crippen molar-refractivity contribution in [2.75, 3.05) is 19.5 Å². The van der Waals surface area contributed by atoms with Gasteiger partial charge in [0.2, 0.25) is 0 Å². The average Bonchev–Trinajstić information content (AvgIpc) is 2.97. The van der Waals surface area contributed by atoms with Crippen LogP contribution >= 0.6 is 0 Å². The quantitative estimate of drug-likeness (QED) is 0.884.